The van der Waals surface area contributed by atoms with Crippen LogP contribution in [0.5, 0.6) is 5.75 Å². The maximum Gasteiger partial charge on any atom is 0.312 e. The molecule has 1 heterocycles. The van der Waals surface area contributed by atoms with Gasteiger partial charge in [0, 0.05) is 26.1 Å². The Kier molecular flexibility index (Phi) is 23.6. The molecule has 24 heteroatoms. The van der Waals surface area contributed by atoms with Crippen molar-refractivity contribution in [3.8, 4) is 5.75 Å². The van der Waals surface area contributed by atoms with Crippen LogP contribution >= 0.6 is 12.4 Å². The molecule has 0 bridgehead atoms. The van der Waals surface area contributed by atoms with Gasteiger partial charge in [-0.25, -0.2) is 4.79 Å². The van der Waals surface area contributed by atoms with Gasteiger partial charge in [0.25, 0.3) is 0 Å². The van der Waals surface area contributed by atoms with Crippen molar-refractivity contribution < 1.29 is 48.6 Å². The monoisotopic (exact) mass is 897 g/mol. The van der Waals surface area contributed by atoms with Crippen LogP contribution in [-0.4, -0.2) is 137 Å². The molecule has 0 radical (unpaired) electrons. The molecule has 1 aromatic carbocycles. The van der Waals surface area contributed by atoms with Crippen molar-refractivity contribution in [2.75, 3.05) is 26.2 Å². The third-order valence-corrected chi connectivity index (χ3v) is 9.67. The topological polar surface area (TPSA) is 395 Å². The van der Waals surface area contributed by atoms with Crippen molar-refractivity contribution in [2.24, 2.45) is 39.6 Å². The Labute approximate surface area is 366 Å². The number of nitrogens with zero attached hydrogens (tertiary/aromatic N) is 2. The van der Waals surface area contributed by atoms with Crippen molar-refractivity contribution in [3.05, 3.63) is 29.8 Å². The molecule has 0 unspecified atom stereocenters. The zero-order valence-electron chi connectivity index (χ0n) is 35.3. The number of primary amides is 2. The molecular formula is C38H64ClN13O10. The molecule has 9 amide bonds. The van der Waals surface area contributed by atoms with Gasteiger partial charge in [-0.2, -0.15) is 0 Å². The first-order valence-electron chi connectivity index (χ1n) is 20.1. The number of rotatable bonds is 25. The Balaban J connectivity index is 0.0000192. The largest absolute Gasteiger partial charge is 0.508 e. The Morgan fingerprint density at radius 1 is 0.790 bits per heavy atom. The fraction of sp³-hybridized carbons (Fsp3) is 0.605. The number of carbonyl (C=O) groups excluding carboxylic acids is 8. The summed E-state index contributed by atoms with van der Waals surface area (Å²) in [6.07, 6.45) is 1.03. The Bertz CT molecular complexity index is 1710. The minimum absolute atomic E-state index is 0. The van der Waals surface area contributed by atoms with E-state index in [-0.39, 0.29) is 88.2 Å². The molecule has 7 atom stereocenters. The van der Waals surface area contributed by atoms with Gasteiger partial charge in [0.05, 0.1) is 6.61 Å². The molecule has 0 aromatic heterocycles. The van der Waals surface area contributed by atoms with Crippen LogP contribution in [0.4, 0.5) is 4.79 Å². The van der Waals surface area contributed by atoms with Crippen molar-refractivity contribution in [2.45, 2.75) is 114 Å². The molecule has 1 aromatic rings. The van der Waals surface area contributed by atoms with E-state index in [0.717, 1.165) is 0 Å². The van der Waals surface area contributed by atoms with E-state index in [2.05, 4.69) is 36.9 Å². The molecular weight excluding hydrogens is 834 g/mol. The first kappa shape index (κ1) is 54.1. The fourth-order valence-corrected chi connectivity index (χ4v) is 6.39. The number of nitrogens with one attached hydrogen (secondary N) is 6. The van der Waals surface area contributed by atoms with E-state index in [0.29, 0.717) is 18.4 Å². The summed E-state index contributed by atoms with van der Waals surface area (Å²) < 4.78 is 0. The number of halogens is 1. The van der Waals surface area contributed by atoms with Gasteiger partial charge in [-0.05, 0) is 75.5 Å². The van der Waals surface area contributed by atoms with Gasteiger partial charge in [-0.1, -0.05) is 26.0 Å². The summed E-state index contributed by atoms with van der Waals surface area (Å²) in [5.74, 6) is -5.60. The van der Waals surface area contributed by atoms with Crippen LogP contribution in [-0.2, 0) is 40.0 Å². The number of hydrogen-bond acceptors (Lipinski definition) is 12. The number of carbonyl (C=O) groups is 8. The molecule has 1 fully saturated rings. The standard InChI is InChI=1S/C38H63N13O10.ClH/c1-20(2)17-27(33(57)48-26(8-5-14-44-37(41)42)36(60)51-16-6-9-29(51)35(59)46-21(3)30(40)54)50-32(56)25(7-4-15-45-38(43)61)47-34(58)28(49-31(55)24(39)19-52)18-22-10-12-23(53)13-11-22;/h10-13,20-21,24-29,52-53H,4-9,14-19,39H2,1-3H3,(H2,40,54)(H,46,59)(H,47,58)(H,48,57)(H,49,55)(H,50,56)(H4,41,42,44)(H3,43,45,61);1H/t21-,24+,25-,26+,27+,28+,29+;/m1./s1. The van der Waals surface area contributed by atoms with Crippen molar-refractivity contribution in [1.29, 1.82) is 0 Å². The average molecular weight is 898 g/mol. The predicted molar refractivity (Wildman–Crippen MR) is 230 cm³/mol. The first-order valence-corrected chi connectivity index (χ1v) is 20.1. The number of aliphatic hydroxyl groups excluding tert-OH is 1. The number of likely N-dealkylation sites (tertiary alicyclic amines) is 1. The second-order valence-electron chi connectivity index (χ2n) is 15.2. The predicted octanol–water partition coefficient (Wildman–Crippen LogP) is -3.86. The number of hydrogen-bond donors (Lipinski definition) is 13. The van der Waals surface area contributed by atoms with E-state index in [1.807, 2.05) is 0 Å². The zero-order chi connectivity index (χ0) is 45.8. The van der Waals surface area contributed by atoms with Crippen LogP contribution in [0.1, 0.15) is 71.3 Å². The summed E-state index contributed by atoms with van der Waals surface area (Å²) >= 11 is 0. The maximum absolute atomic E-state index is 14.1. The number of aromatic hydroxyl groups is 1. The maximum atomic E-state index is 14.1. The minimum Gasteiger partial charge on any atom is -0.508 e. The fourth-order valence-electron chi connectivity index (χ4n) is 6.39. The van der Waals surface area contributed by atoms with Gasteiger partial charge in [0.2, 0.25) is 41.4 Å². The molecule has 2 rings (SSSR count). The highest BCUT2D eigenvalue weighted by Gasteiger charge is 2.39. The van der Waals surface area contributed by atoms with Crippen molar-refractivity contribution >= 4 is 65.7 Å². The number of aliphatic hydroxyl groups is 1. The lowest BCUT2D eigenvalue weighted by molar-refractivity contribution is -0.142. The zero-order valence-corrected chi connectivity index (χ0v) is 36.1. The van der Waals surface area contributed by atoms with Crippen LogP contribution in [0.2, 0.25) is 0 Å². The van der Waals surface area contributed by atoms with Crippen molar-refractivity contribution in [1.82, 2.24) is 36.8 Å². The lowest BCUT2D eigenvalue weighted by atomic mass is 10.0. The van der Waals surface area contributed by atoms with E-state index in [1.165, 1.54) is 36.1 Å². The lowest BCUT2D eigenvalue weighted by Gasteiger charge is -2.31. The lowest BCUT2D eigenvalue weighted by Crippen LogP contribution is -2.60. The van der Waals surface area contributed by atoms with Crippen LogP contribution in [0.25, 0.3) is 0 Å². The number of guanidine groups is 1. The van der Waals surface area contributed by atoms with Gasteiger partial charge < -0.3 is 75.7 Å². The average Bonchev–Trinajstić information content (AvgIpc) is 3.69. The van der Waals surface area contributed by atoms with Gasteiger partial charge in [0.1, 0.15) is 48.0 Å². The van der Waals surface area contributed by atoms with E-state index in [9.17, 15) is 48.6 Å². The summed E-state index contributed by atoms with van der Waals surface area (Å²) in [6, 6.07) is -3.49. The smallest absolute Gasteiger partial charge is 0.312 e. The van der Waals surface area contributed by atoms with Gasteiger partial charge >= 0.3 is 6.03 Å². The van der Waals surface area contributed by atoms with E-state index in [1.54, 1.807) is 13.8 Å². The molecule has 18 N–H and O–H groups in total. The number of amides is 9. The van der Waals surface area contributed by atoms with E-state index in [4.69, 9.17) is 28.7 Å². The highest BCUT2D eigenvalue weighted by molar-refractivity contribution is 5.97. The first-order chi connectivity index (χ1) is 28.7. The number of benzene rings is 1. The normalized spacial score (nSPS) is 16.2. The molecule has 1 aliphatic heterocycles. The van der Waals surface area contributed by atoms with Crippen LogP contribution in [0.3, 0.4) is 0 Å². The Morgan fingerprint density at radius 2 is 1.35 bits per heavy atom. The third kappa shape index (κ3) is 18.8. The third-order valence-electron chi connectivity index (χ3n) is 9.67. The van der Waals surface area contributed by atoms with Gasteiger partial charge in [-0.3, -0.25) is 38.6 Å². The molecule has 0 aliphatic carbocycles. The summed E-state index contributed by atoms with van der Waals surface area (Å²) in [5, 5.41) is 34.6. The molecule has 62 heavy (non-hydrogen) atoms. The van der Waals surface area contributed by atoms with Crippen molar-refractivity contribution in [3.63, 3.8) is 0 Å². The minimum atomic E-state index is -1.37. The Hall–Kier alpha value is -5.94. The summed E-state index contributed by atoms with van der Waals surface area (Å²) in [7, 11) is 0. The second kappa shape index (κ2) is 27.1. The van der Waals surface area contributed by atoms with Gasteiger partial charge in [0.15, 0.2) is 5.96 Å². The highest BCUT2D eigenvalue weighted by Crippen LogP contribution is 2.21. The number of nitrogens with two attached hydrogens (primary N) is 5. The van der Waals surface area contributed by atoms with Crippen LogP contribution in [0.15, 0.2) is 29.3 Å². The number of phenols is 1. The molecule has 0 spiro atoms. The molecule has 0 saturated carbocycles. The summed E-state index contributed by atoms with van der Waals surface area (Å²) in [4.78, 5) is 110. The molecule has 1 saturated heterocycles. The van der Waals surface area contributed by atoms with Crippen LogP contribution < -0.4 is 60.6 Å². The van der Waals surface area contributed by atoms with Gasteiger partial charge in [-0.15, -0.1) is 12.4 Å². The number of phenolic OH excluding ortho intramolecular Hbond substituents is 1. The summed E-state index contributed by atoms with van der Waals surface area (Å²) in [5.41, 5.74) is 27.7. The number of aliphatic imine (C=N–C) groups is 1. The highest BCUT2D eigenvalue weighted by atomic mass is 35.5. The SMILES string of the molecule is CC(C)C[C@H](NC(=O)[C@@H](CCCNC(N)=O)NC(=O)[C@H](Cc1ccc(O)cc1)NC(=O)[C@@H](N)CO)C(=O)N[C@@H](CCCN=C(N)N)C(=O)N1CCC[C@H]1C(=O)N[C@H](C)C(N)=O.Cl. The molecule has 1 aliphatic rings. The molecule has 23 nitrogen and oxygen atoms in total. The second-order valence-corrected chi connectivity index (χ2v) is 15.2. The van der Waals surface area contributed by atoms with E-state index >= 15 is 0 Å². The van der Waals surface area contributed by atoms with Crippen LogP contribution in [0, 0.1) is 5.92 Å². The quantitative estimate of drug-likeness (QED) is 0.0254. The Morgan fingerprint density at radius 3 is 1.94 bits per heavy atom. The van der Waals surface area contributed by atoms with E-state index < -0.39 is 96.3 Å². The molecule has 348 valence electrons. The number of urea groups is 1. The summed E-state index contributed by atoms with van der Waals surface area (Å²) in [6.45, 7) is 4.60.